The minimum atomic E-state index is -0.954. The van der Waals surface area contributed by atoms with Gasteiger partial charge in [-0.15, -0.1) is 0 Å². The van der Waals surface area contributed by atoms with Crippen LogP contribution in [0, 0.1) is 17.7 Å². The predicted octanol–water partition coefficient (Wildman–Crippen LogP) is 4.62. The molecule has 1 aromatic heterocycles. The van der Waals surface area contributed by atoms with E-state index < -0.39 is 5.97 Å². The van der Waals surface area contributed by atoms with E-state index in [4.69, 9.17) is 14.9 Å². The minimum Gasteiger partial charge on any atom is -0.480 e. The van der Waals surface area contributed by atoms with E-state index in [9.17, 15) is 14.0 Å². The second kappa shape index (κ2) is 10.5. The molecule has 0 radical (unpaired) electrons. The number of aromatic nitrogens is 2. The van der Waals surface area contributed by atoms with Crippen LogP contribution in [0.15, 0.2) is 65.5 Å². The van der Waals surface area contributed by atoms with Crippen LogP contribution >= 0.6 is 0 Å². The summed E-state index contributed by atoms with van der Waals surface area (Å²) in [4.78, 5) is 23.6. The first-order valence-corrected chi connectivity index (χ1v) is 11.2. The number of carboxylic acid groups (broad SMARTS) is 1. The fourth-order valence-electron chi connectivity index (χ4n) is 4.42. The van der Waals surface area contributed by atoms with E-state index >= 15 is 0 Å². The summed E-state index contributed by atoms with van der Waals surface area (Å²) in [6.45, 7) is 0.710. The van der Waals surface area contributed by atoms with Gasteiger partial charge in [0.05, 0.1) is 12.3 Å². The number of benzene rings is 2. The average molecular weight is 451 g/mol. The number of ether oxygens (including phenoxy) is 1. The Morgan fingerprint density at radius 3 is 2.33 bits per heavy atom. The molecule has 1 fully saturated rings. The number of aliphatic carboxylic acids is 1. The second-order valence-electron chi connectivity index (χ2n) is 8.60. The van der Waals surface area contributed by atoms with Crippen molar-refractivity contribution in [3.8, 4) is 22.4 Å². The fraction of sp³-hybridized carbons (Fsp3) is 0.346. The zero-order valence-corrected chi connectivity index (χ0v) is 18.3. The summed E-state index contributed by atoms with van der Waals surface area (Å²) in [5.41, 5.74) is 2.85. The van der Waals surface area contributed by atoms with Crippen molar-refractivity contribution in [1.82, 2.24) is 9.78 Å². The standard InChI is InChI=1S/C26H27FN2O4/c27-22-12-10-21(11-13-22)26-23(20-4-2-1-3-5-20)14-24(30)29(28-26)15-18-6-8-19(9-7-18)16-33-17-25(31)32/h1-5,10-14,18-19H,6-9,15-17H2,(H,31,32). The molecule has 33 heavy (non-hydrogen) atoms. The first-order valence-electron chi connectivity index (χ1n) is 11.2. The van der Waals surface area contributed by atoms with Crippen molar-refractivity contribution in [2.75, 3.05) is 13.2 Å². The van der Waals surface area contributed by atoms with Gasteiger partial charge in [-0.05, 0) is 67.3 Å². The molecule has 3 aromatic rings. The maximum atomic E-state index is 13.5. The van der Waals surface area contributed by atoms with Gasteiger partial charge in [0, 0.05) is 23.7 Å². The monoisotopic (exact) mass is 450 g/mol. The summed E-state index contributed by atoms with van der Waals surface area (Å²) in [6, 6.07) is 17.4. The number of halogens is 1. The number of carboxylic acids is 1. The summed E-state index contributed by atoms with van der Waals surface area (Å²) in [5, 5.41) is 13.4. The van der Waals surface area contributed by atoms with Gasteiger partial charge in [-0.25, -0.2) is 13.9 Å². The molecule has 0 bridgehead atoms. The number of hydrogen-bond acceptors (Lipinski definition) is 4. The molecule has 4 rings (SSSR count). The van der Waals surface area contributed by atoms with Crippen LogP contribution in [-0.2, 0) is 16.1 Å². The zero-order valence-electron chi connectivity index (χ0n) is 18.3. The van der Waals surface area contributed by atoms with Crippen LogP contribution in [0.5, 0.6) is 0 Å². The van der Waals surface area contributed by atoms with E-state index in [2.05, 4.69) is 0 Å². The van der Waals surface area contributed by atoms with Crippen molar-refractivity contribution >= 4 is 5.97 Å². The molecule has 0 saturated heterocycles. The van der Waals surface area contributed by atoms with E-state index in [0.29, 0.717) is 30.7 Å². The van der Waals surface area contributed by atoms with Gasteiger partial charge in [-0.3, -0.25) is 4.79 Å². The molecule has 0 spiro atoms. The smallest absolute Gasteiger partial charge is 0.329 e. The van der Waals surface area contributed by atoms with Crippen LogP contribution in [-0.4, -0.2) is 34.1 Å². The molecule has 0 atom stereocenters. The summed E-state index contributed by atoms with van der Waals surface area (Å²) < 4.78 is 20.3. The van der Waals surface area contributed by atoms with Gasteiger partial charge in [0.1, 0.15) is 12.4 Å². The molecular weight excluding hydrogens is 423 g/mol. The highest BCUT2D eigenvalue weighted by atomic mass is 19.1. The van der Waals surface area contributed by atoms with Crippen molar-refractivity contribution in [2.24, 2.45) is 11.8 Å². The summed E-state index contributed by atoms with van der Waals surface area (Å²) in [7, 11) is 0. The molecular formula is C26H27FN2O4. The van der Waals surface area contributed by atoms with Gasteiger partial charge < -0.3 is 9.84 Å². The van der Waals surface area contributed by atoms with E-state index in [1.54, 1.807) is 18.2 Å². The van der Waals surface area contributed by atoms with Gasteiger partial charge in [-0.1, -0.05) is 30.3 Å². The Hall–Kier alpha value is -3.32. The molecule has 7 heteroatoms. The second-order valence-corrected chi connectivity index (χ2v) is 8.60. The summed E-state index contributed by atoms with van der Waals surface area (Å²) in [5.74, 6) is -0.613. The van der Waals surface area contributed by atoms with Crippen molar-refractivity contribution in [1.29, 1.82) is 0 Å². The lowest BCUT2D eigenvalue weighted by Gasteiger charge is -2.28. The fourth-order valence-corrected chi connectivity index (χ4v) is 4.42. The normalized spacial score (nSPS) is 18.2. The Morgan fingerprint density at radius 1 is 1.00 bits per heavy atom. The highest BCUT2D eigenvalue weighted by molar-refractivity contribution is 5.80. The molecule has 1 heterocycles. The van der Waals surface area contributed by atoms with Gasteiger partial charge in [-0.2, -0.15) is 5.10 Å². The quantitative estimate of drug-likeness (QED) is 0.541. The molecule has 172 valence electrons. The zero-order chi connectivity index (χ0) is 23.2. The molecule has 0 unspecified atom stereocenters. The van der Waals surface area contributed by atoms with E-state index in [-0.39, 0.29) is 18.0 Å². The molecule has 1 N–H and O–H groups in total. The highest BCUT2D eigenvalue weighted by Gasteiger charge is 2.23. The number of carbonyl (C=O) groups is 1. The van der Waals surface area contributed by atoms with E-state index in [1.807, 2.05) is 30.3 Å². The molecule has 1 aliphatic carbocycles. The third-order valence-electron chi connectivity index (χ3n) is 6.18. The molecule has 0 aliphatic heterocycles. The first-order chi connectivity index (χ1) is 16.0. The molecule has 0 amide bonds. The molecule has 6 nitrogen and oxygen atoms in total. The van der Waals surface area contributed by atoms with Crippen LogP contribution in [0.1, 0.15) is 25.7 Å². The van der Waals surface area contributed by atoms with Gasteiger partial charge >= 0.3 is 5.97 Å². The van der Waals surface area contributed by atoms with Gasteiger partial charge in [0.25, 0.3) is 5.56 Å². The third kappa shape index (κ3) is 5.93. The maximum absolute atomic E-state index is 13.5. The molecule has 1 saturated carbocycles. The van der Waals surface area contributed by atoms with Gasteiger partial charge in [0.2, 0.25) is 0 Å². The van der Waals surface area contributed by atoms with Crippen molar-refractivity contribution < 1.29 is 19.0 Å². The van der Waals surface area contributed by atoms with Crippen LogP contribution in [0.25, 0.3) is 22.4 Å². The molecule has 2 aromatic carbocycles. The maximum Gasteiger partial charge on any atom is 0.329 e. The largest absolute Gasteiger partial charge is 0.480 e. The first kappa shape index (κ1) is 22.9. The Labute approximate surface area is 191 Å². The minimum absolute atomic E-state index is 0.161. The SMILES string of the molecule is O=C(O)COCC1CCC(Cn2nc(-c3ccc(F)cc3)c(-c3ccccc3)cc2=O)CC1. The van der Waals surface area contributed by atoms with E-state index in [0.717, 1.165) is 42.4 Å². The van der Waals surface area contributed by atoms with Crippen LogP contribution in [0.2, 0.25) is 0 Å². The Morgan fingerprint density at radius 2 is 1.67 bits per heavy atom. The number of rotatable bonds is 8. The topological polar surface area (TPSA) is 81.4 Å². The van der Waals surface area contributed by atoms with Crippen LogP contribution in [0.3, 0.4) is 0 Å². The highest BCUT2D eigenvalue weighted by Crippen LogP contribution is 2.32. The van der Waals surface area contributed by atoms with Crippen molar-refractivity contribution in [3.63, 3.8) is 0 Å². The van der Waals surface area contributed by atoms with Crippen LogP contribution in [0.4, 0.5) is 4.39 Å². The summed E-state index contributed by atoms with van der Waals surface area (Å²) in [6.07, 6.45) is 3.74. The number of nitrogens with zero attached hydrogens (tertiary/aromatic N) is 2. The van der Waals surface area contributed by atoms with Crippen molar-refractivity contribution in [3.05, 3.63) is 76.8 Å². The Bertz CT molecular complexity index is 1140. The molecule has 1 aliphatic rings. The lowest BCUT2D eigenvalue weighted by Crippen LogP contribution is -2.29. The summed E-state index contributed by atoms with van der Waals surface area (Å²) >= 11 is 0. The lowest BCUT2D eigenvalue weighted by atomic mass is 9.82. The third-order valence-corrected chi connectivity index (χ3v) is 6.18. The predicted molar refractivity (Wildman–Crippen MR) is 123 cm³/mol. The van der Waals surface area contributed by atoms with E-state index in [1.165, 1.54) is 16.8 Å². The Balaban J connectivity index is 1.54. The van der Waals surface area contributed by atoms with Crippen LogP contribution < -0.4 is 5.56 Å². The number of hydrogen-bond donors (Lipinski definition) is 1. The lowest BCUT2D eigenvalue weighted by molar-refractivity contribution is -0.142. The van der Waals surface area contributed by atoms with Gasteiger partial charge in [0.15, 0.2) is 0 Å². The Kier molecular flexibility index (Phi) is 7.29. The average Bonchev–Trinajstić information content (AvgIpc) is 2.82. The van der Waals surface area contributed by atoms with Crippen molar-refractivity contribution in [2.45, 2.75) is 32.2 Å².